The zero-order valence-corrected chi connectivity index (χ0v) is 27.2. The Hall–Kier alpha value is -3.90. The lowest BCUT2D eigenvalue weighted by atomic mass is 9.99. The molecule has 2 heterocycles. The Labute approximate surface area is 274 Å². The minimum Gasteiger partial charge on any atom is -0.481 e. The summed E-state index contributed by atoms with van der Waals surface area (Å²) in [5.74, 6) is -2.48. The van der Waals surface area contributed by atoms with Crippen LogP contribution >= 0.6 is 0 Å². The lowest BCUT2D eigenvalue weighted by Gasteiger charge is -2.21. The first-order valence-electron chi connectivity index (χ1n) is 15.8. The summed E-state index contributed by atoms with van der Waals surface area (Å²) in [6.45, 7) is 4.44. The predicted octanol–water partition coefficient (Wildman–Crippen LogP) is 6.38. The molecule has 1 aliphatic heterocycles. The number of aromatic nitrogens is 1. The van der Waals surface area contributed by atoms with E-state index in [2.05, 4.69) is 0 Å². The van der Waals surface area contributed by atoms with E-state index in [1.165, 1.54) is 40.7 Å². The van der Waals surface area contributed by atoms with Gasteiger partial charge < -0.3 is 19.9 Å². The topological polar surface area (TPSA) is 120 Å². The second-order valence-corrected chi connectivity index (χ2v) is 14.3. The minimum atomic E-state index is -4.16. The fraction of sp³-hybridized carbons (Fsp3) is 0.361. The average Bonchev–Trinajstić information content (AvgIpc) is 3.66. The van der Waals surface area contributed by atoms with Gasteiger partial charge in [0.15, 0.2) is 0 Å². The van der Waals surface area contributed by atoms with Gasteiger partial charge in [-0.05, 0) is 84.2 Å². The first kappa shape index (κ1) is 34.4. The average molecular weight is 667 g/mol. The van der Waals surface area contributed by atoms with E-state index in [1.807, 2.05) is 48.7 Å². The van der Waals surface area contributed by atoms with E-state index in [9.17, 15) is 32.2 Å². The van der Waals surface area contributed by atoms with E-state index >= 15 is 0 Å². The number of aliphatic hydroxyl groups is 2. The van der Waals surface area contributed by atoms with Crippen LogP contribution in [0.5, 0.6) is 0 Å². The van der Waals surface area contributed by atoms with Crippen molar-refractivity contribution in [3.8, 4) is 22.4 Å². The highest BCUT2D eigenvalue weighted by Crippen LogP contribution is 2.46. The Morgan fingerprint density at radius 2 is 1.49 bits per heavy atom. The van der Waals surface area contributed by atoms with Crippen molar-refractivity contribution in [2.75, 3.05) is 13.1 Å². The standard InChI is InChI=1S/C36H40F2N2O6S/c1-23(2)34-36(47(45,46)39-18-16-27(22-39)24-6-4-3-5-7-24)33(25-8-12-28(37)13-9-25)35(26-10-14-29(38)15-11-26)40(34)19-17-30(41)20-31(42)21-32(43)44/h3-15,23,27,30-31,41-42H,16-22H2,1-2H3,(H,43,44). The van der Waals surface area contributed by atoms with Crippen LogP contribution in [0.15, 0.2) is 83.8 Å². The van der Waals surface area contributed by atoms with Crippen LogP contribution in [-0.4, -0.2) is 63.9 Å². The normalized spacial score (nSPS) is 16.9. The number of aliphatic hydroxyl groups excluding tert-OH is 2. The third kappa shape index (κ3) is 7.65. The Morgan fingerprint density at radius 3 is 2.06 bits per heavy atom. The summed E-state index contributed by atoms with van der Waals surface area (Å²) >= 11 is 0. The molecule has 3 aromatic carbocycles. The number of nitrogens with zero attached hydrogens (tertiary/aromatic N) is 2. The van der Waals surface area contributed by atoms with Crippen molar-refractivity contribution in [2.24, 2.45) is 0 Å². The summed E-state index contributed by atoms with van der Waals surface area (Å²) in [5.41, 5.74) is 3.33. The van der Waals surface area contributed by atoms with Crippen LogP contribution < -0.4 is 0 Å². The third-order valence-electron chi connectivity index (χ3n) is 8.71. The molecule has 1 aromatic heterocycles. The van der Waals surface area contributed by atoms with Crippen molar-refractivity contribution < 1.29 is 37.3 Å². The molecule has 0 aliphatic carbocycles. The molecule has 3 atom stereocenters. The Bertz CT molecular complexity index is 1790. The van der Waals surface area contributed by atoms with Gasteiger partial charge in [-0.15, -0.1) is 0 Å². The van der Waals surface area contributed by atoms with E-state index in [1.54, 1.807) is 12.1 Å². The van der Waals surface area contributed by atoms with Crippen molar-refractivity contribution in [3.05, 3.63) is 102 Å². The van der Waals surface area contributed by atoms with Crippen LogP contribution in [0.3, 0.4) is 0 Å². The molecule has 1 saturated heterocycles. The van der Waals surface area contributed by atoms with Crippen molar-refractivity contribution in [3.63, 3.8) is 0 Å². The van der Waals surface area contributed by atoms with E-state index in [-0.39, 0.29) is 42.7 Å². The summed E-state index contributed by atoms with van der Waals surface area (Å²) in [7, 11) is -4.16. The Balaban J connectivity index is 1.69. The first-order valence-corrected chi connectivity index (χ1v) is 17.2. The number of aliphatic carboxylic acids is 1. The summed E-state index contributed by atoms with van der Waals surface area (Å²) in [4.78, 5) is 11.1. The molecule has 4 aromatic rings. The lowest BCUT2D eigenvalue weighted by molar-refractivity contribution is -0.139. The highest BCUT2D eigenvalue weighted by molar-refractivity contribution is 7.89. The molecule has 5 rings (SSSR count). The molecular formula is C36H40F2N2O6S. The number of carboxylic acid groups (broad SMARTS) is 1. The molecule has 0 amide bonds. The molecule has 0 saturated carbocycles. The number of hydrogen-bond acceptors (Lipinski definition) is 5. The maximum Gasteiger partial charge on any atom is 0.305 e. The van der Waals surface area contributed by atoms with Crippen LogP contribution in [0.25, 0.3) is 22.4 Å². The highest BCUT2D eigenvalue weighted by atomic mass is 32.2. The number of hydrogen-bond donors (Lipinski definition) is 3. The molecule has 47 heavy (non-hydrogen) atoms. The number of carbonyl (C=O) groups is 1. The zero-order valence-electron chi connectivity index (χ0n) is 26.4. The van der Waals surface area contributed by atoms with Gasteiger partial charge in [0, 0.05) is 30.9 Å². The SMILES string of the molecule is CC(C)c1c(S(=O)(=O)N2CCC(c3ccccc3)C2)c(-c2ccc(F)cc2)c(-c2ccc(F)cc2)n1CCC(O)CC(O)CC(=O)O. The van der Waals surface area contributed by atoms with Crippen molar-refractivity contribution in [1.82, 2.24) is 8.87 Å². The van der Waals surface area contributed by atoms with Crippen LogP contribution in [0.4, 0.5) is 8.78 Å². The second kappa shape index (κ2) is 14.5. The van der Waals surface area contributed by atoms with Gasteiger partial charge in [-0.1, -0.05) is 56.3 Å². The van der Waals surface area contributed by atoms with Gasteiger partial charge in [-0.25, -0.2) is 17.2 Å². The zero-order chi connectivity index (χ0) is 33.9. The van der Waals surface area contributed by atoms with Gasteiger partial charge >= 0.3 is 5.97 Å². The maximum absolute atomic E-state index is 14.9. The largest absolute Gasteiger partial charge is 0.481 e. The Morgan fingerprint density at radius 1 is 0.894 bits per heavy atom. The van der Waals surface area contributed by atoms with E-state index < -0.39 is 46.3 Å². The maximum atomic E-state index is 14.9. The van der Waals surface area contributed by atoms with Crippen LogP contribution in [0.1, 0.15) is 62.6 Å². The number of benzene rings is 3. The molecule has 3 unspecified atom stereocenters. The lowest BCUT2D eigenvalue weighted by Crippen LogP contribution is -2.30. The third-order valence-corrected chi connectivity index (χ3v) is 10.7. The molecule has 250 valence electrons. The molecule has 1 fully saturated rings. The Kier molecular flexibility index (Phi) is 10.6. The van der Waals surface area contributed by atoms with Gasteiger partial charge in [-0.3, -0.25) is 4.79 Å². The smallest absolute Gasteiger partial charge is 0.305 e. The van der Waals surface area contributed by atoms with Crippen LogP contribution in [-0.2, 0) is 21.4 Å². The highest BCUT2D eigenvalue weighted by Gasteiger charge is 2.40. The summed E-state index contributed by atoms with van der Waals surface area (Å²) in [6, 6.07) is 21.0. The number of carboxylic acids is 1. The van der Waals surface area contributed by atoms with Gasteiger partial charge in [0.2, 0.25) is 10.0 Å². The molecule has 0 bridgehead atoms. The molecule has 0 spiro atoms. The number of rotatable bonds is 13. The quantitative estimate of drug-likeness (QED) is 0.152. The van der Waals surface area contributed by atoms with Gasteiger partial charge in [0.25, 0.3) is 0 Å². The summed E-state index contributed by atoms with van der Waals surface area (Å²) in [5, 5.41) is 30.0. The molecule has 1 aliphatic rings. The first-order chi connectivity index (χ1) is 22.4. The van der Waals surface area contributed by atoms with Crippen LogP contribution in [0.2, 0.25) is 0 Å². The molecule has 8 nitrogen and oxygen atoms in total. The molecule has 11 heteroatoms. The summed E-state index contributed by atoms with van der Waals surface area (Å²) in [6.07, 6.45) is -2.33. The van der Waals surface area contributed by atoms with Gasteiger partial charge in [0.05, 0.1) is 24.3 Å². The van der Waals surface area contributed by atoms with Crippen molar-refractivity contribution in [1.29, 1.82) is 0 Å². The molecule has 3 N–H and O–H groups in total. The molecular weight excluding hydrogens is 626 g/mol. The predicted molar refractivity (Wildman–Crippen MR) is 175 cm³/mol. The van der Waals surface area contributed by atoms with Gasteiger partial charge in [-0.2, -0.15) is 4.31 Å². The molecule has 0 radical (unpaired) electrons. The number of sulfonamides is 1. The van der Waals surface area contributed by atoms with E-state index in [0.717, 1.165) is 5.56 Å². The van der Waals surface area contributed by atoms with E-state index in [4.69, 9.17) is 5.11 Å². The number of halogens is 2. The van der Waals surface area contributed by atoms with Crippen LogP contribution in [0, 0.1) is 11.6 Å². The fourth-order valence-corrected chi connectivity index (χ4v) is 8.60. The monoisotopic (exact) mass is 666 g/mol. The van der Waals surface area contributed by atoms with Crippen molar-refractivity contribution >= 4 is 16.0 Å². The van der Waals surface area contributed by atoms with E-state index in [0.29, 0.717) is 41.0 Å². The second-order valence-electron chi connectivity index (χ2n) is 12.4. The summed E-state index contributed by atoms with van der Waals surface area (Å²) < 4.78 is 61.4. The minimum absolute atomic E-state index is 0.00813. The fourth-order valence-electron chi connectivity index (χ4n) is 6.54. The van der Waals surface area contributed by atoms with Gasteiger partial charge in [0.1, 0.15) is 16.5 Å². The van der Waals surface area contributed by atoms with Crippen molar-refractivity contribution in [2.45, 2.75) is 75.0 Å².